The van der Waals surface area contributed by atoms with E-state index in [9.17, 15) is 22.8 Å². The van der Waals surface area contributed by atoms with Gasteiger partial charge in [-0.3, -0.25) is 14.6 Å². The van der Waals surface area contributed by atoms with E-state index in [2.05, 4.69) is 10.3 Å². The summed E-state index contributed by atoms with van der Waals surface area (Å²) in [4.78, 5) is 26.9. The SMILES string of the molecule is CC[C@@H](NC(=O)c1ccc(C2(C(F)(F)F)CCC2)nc1)C(N)=O. The third kappa shape index (κ3) is 3.16. The van der Waals surface area contributed by atoms with Crippen molar-refractivity contribution in [3.63, 3.8) is 0 Å². The Balaban J connectivity index is 2.16. The number of primary amides is 1. The summed E-state index contributed by atoms with van der Waals surface area (Å²) in [7, 11) is 0. The molecule has 0 unspecified atom stereocenters. The van der Waals surface area contributed by atoms with Crippen LogP contribution in [0.1, 0.15) is 48.7 Å². The second kappa shape index (κ2) is 6.17. The highest BCUT2D eigenvalue weighted by Gasteiger charge is 2.60. The molecule has 1 saturated carbocycles. The van der Waals surface area contributed by atoms with Crippen LogP contribution in [0.25, 0.3) is 0 Å². The molecule has 8 heteroatoms. The minimum atomic E-state index is -4.36. The maximum absolute atomic E-state index is 13.2. The van der Waals surface area contributed by atoms with Gasteiger partial charge in [-0.05, 0) is 31.4 Å². The van der Waals surface area contributed by atoms with Gasteiger partial charge < -0.3 is 11.1 Å². The summed E-state index contributed by atoms with van der Waals surface area (Å²) in [5, 5.41) is 2.42. The van der Waals surface area contributed by atoms with Gasteiger partial charge in [0, 0.05) is 6.20 Å². The number of hydrogen-bond acceptors (Lipinski definition) is 3. The summed E-state index contributed by atoms with van der Waals surface area (Å²) in [6.45, 7) is 1.68. The second-order valence-corrected chi connectivity index (χ2v) is 5.70. The zero-order valence-electron chi connectivity index (χ0n) is 12.6. The van der Waals surface area contributed by atoms with Crippen molar-refractivity contribution in [2.75, 3.05) is 0 Å². The van der Waals surface area contributed by atoms with E-state index >= 15 is 0 Å². The fourth-order valence-corrected chi connectivity index (χ4v) is 2.64. The number of rotatable bonds is 5. The molecule has 0 saturated heterocycles. The molecule has 0 bridgehead atoms. The second-order valence-electron chi connectivity index (χ2n) is 5.70. The highest BCUT2D eigenvalue weighted by atomic mass is 19.4. The molecule has 1 aliphatic rings. The zero-order valence-corrected chi connectivity index (χ0v) is 12.6. The average Bonchev–Trinajstić information content (AvgIpc) is 2.42. The lowest BCUT2D eigenvalue weighted by atomic mass is 9.66. The molecule has 1 aromatic rings. The normalized spacial score (nSPS) is 17.9. The van der Waals surface area contributed by atoms with E-state index in [1.54, 1.807) is 6.92 Å². The van der Waals surface area contributed by atoms with Crippen LogP contribution < -0.4 is 11.1 Å². The van der Waals surface area contributed by atoms with Crippen molar-refractivity contribution < 1.29 is 22.8 Å². The number of pyridine rings is 1. The number of halogens is 3. The molecular weight excluding hydrogens is 311 g/mol. The minimum absolute atomic E-state index is 0.00856. The first-order valence-corrected chi connectivity index (χ1v) is 7.34. The van der Waals surface area contributed by atoms with Crippen LogP contribution in [0, 0.1) is 0 Å². The Bertz CT molecular complexity index is 595. The average molecular weight is 329 g/mol. The van der Waals surface area contributed by atoms with Crippen molar-refractivity contribution in [3.8, 4) is 0 Å². The number of nitrogens with zero attached hydrogens (tertiary/aromatic N) is 1. The first kappa shape index (κ1) is 17.2. The molecule has 1 heterocycles. The summed E-state index contributed by atoms with van der Waals surface area (Å²) < 4.78 is 39.7. The molecule has 1 atom stereocenters. The van der Waals surface area contributed by atoms with Crippen LogP contribution in [-0.2, 0) is 10.2 Å². The molecule has 0 spiro atoms. The lowest BCUT2D eigenvalue weighted by Crippen LogP contribution is -2.48. The molecule has 0 aliphatic heterocycles. The smallest absolute Gasteiger partial charge is 0.368 e. The van der Waals surface area contributed by atoms with Gasteiger partial charge in [0.1, 0.15) is 11.5 Å². The van der Waals surface area contributed by atoms with E-state index in [1.165, 1.54) is 12.1 Å². The molecule has 1 fully saturated rings. The van der Waals surface area contributed by atoms with Gasteiger partial charge in [-0.2, -0.15) is 13.2 Å². The van der Waals surface area contributed by atoms with Crippen molar-refractivity contribution in [1.29, 1.82) is 0 Å². The summed E-state index contributed by atoms with van der Waals surface area (Å²) in [5.74, 6) is -1.26. The van der Waals surface area contributed by atoms with Crippen LogP contribution in [-0.4, -0.2) is 29.0 Å². The zero-order chi connectivity index (χ0) is 17.3. The fourth-order valence-electron chi connectivity index (χ4n) is 2.64. The van der Waals surface area contributed by atoms with Gasteiger partial charge in [-0.15, -0.1) is 0 Å². The lowest BCUT2D eigenvalue weighted by molar-refractivity contribution is -0.214. The molecule has 1 aliphatic carbocycles. The Labute approximate surface area is 131 Å². The number of aromatic nitrogens is 1. The number of hydrogen-bond donors (Lipinski definition) is 2. The van der Waals surface area contributed by atoms with Crippen molar-refractivity contribution in [2.45, 2.75) is 50.2 Å². The fraction of sp³-hybridized carbons (Fsp3) is 0.533. The third-order valence-corrected chi connectivity index (χ3v) is 4.32. The first-order chi connectivity index (χ1) is 10.7. The van der Waals surface area contributed by atoms with Gasteiger partial charge in [0.15, 0.2) is 0 Å². The van der Waals surface area contributed by atoms with E-state index in [4.69, 9.17) is 5.73 Å². The number of alkyl halides is 3. The van der Waals surface area contributed by atoms with Gasteiger partial charge in [0.05, 0.1) is 11.3 Å². The minimum Gasteiger partial charge on any atom is -0.368 e. The Morgan fingerprint density at radius 2 is 2.04 bits per heavy atom. The summed E-state index contributed by atoms with van der Waals surface area (Å²) >= 11 is 0. The van der Waals surface area contributed by atoms with Crippen LogP contribution in [0.3, 0.4) is 0 Å². The van der Waals surface area contributed by atoms with E-state index in [-0.39, 0.29) is 24.1 Å². The highest BCUT2D eigenvalue weighted by Crippen LogP contribution is 2.53. The van der Waals surface area contributed by atoms with Gasteiger partial charge in [-0.25, -0.2) is 0 Å². The Kier molecular flexibility index (Phi) is 4.63. The van der Waals surface area contributed by atoms with E-state index in [0.29, 0.717) is 12.8 Å². The molecule has 2 amide bonds. The maximum atomic E-state index is 13.2. The Morgan fingerprint density at radius 3 is 2.39 bits per heavy atom. The number of amides is 2. The quantitative estimate of drug-likeness (QED) is 0.867. The molecule has 23 heavy (non-hydrogen) atoms. The standard InChI is InChI=1S/C15H18F3N3O2/c1-2-10(12(19)22)21-13(23)9-4-5-11(20-8-9)14(6-3-7-14)15(16,17)18/h4-5,8,10H,2-3,6-7H2,1H3,(H2,19,22)(H,21,23)/t10-/m1/s1. The van der Waals surface area contributed by atoms with Crippen LogP contribution in [0.4, 0.5) is 13.2 Å². The van der Waals surface area contributed by atoms with Gasteiger partial charge >= 0.3 is 6.18 Å². The molecular formula is C15H18F3N3O2. The summed E-state index contributed by atoms with van der Waals surface area (Å²) in [5.41, 5.74) is 3.25. The van der Waals surface area contributed by atoms with Crippen molar-refractivity contribution >= 4 is 11.8 Å². The van der Waals surface area contributed by atoms with E-state index in [0.717, 1.165) is 6.20 Å². The van der Waals surface area contributed by atoms with Gasteiger partial charge in [-0.1, -0.05) is 13.3 Å². The molecule has 0 radical (unpaired) electrons. The van der Waals surface area contributed by atoms with Crippen LogP contribution in [0.5, 0.6) is 0 Å². The summed E-state index contributed by atoms with van der Waals surface area (Å²) in [6.07, 6.45) is -2.42. The molecule has 0 aromatic carbocycles. The number of nitrogens with two attached hydrogens (primary N) is 1. The van der Waals surface area contributed by atoms with Crippen LogP contribution in [0.15, 0.2) is 18.3 Å². The predicted molar refractivity (Wildman–Crippen MR) is 76.6 cm³/mol. The van der Waals surface area contributed by atoms with Crippen LogP contribution in [0.2, 0.25) is 0 Å². The largest absolute Gasteiger partial charge is 0.399 e. The van der Waals surface area contributed by atoms with E-state index < -0.39 is 29.4 Å². The van der Waals surface area contributed by atoms with Crippen molar-refractivity contribution in [1.82, 2.24) is 10.3 Å². The van der Waals surface area contributed by atoms with Crippen molar-refractivity contribution in [2.24, 2.45) is 5.73 Å². The van der Waals surface area contributed by atoms with Crippen molar-refractivity contribution in [3.05, 3.63) is 29.6 Å². The first-order valence-electron chi connectivity index (χ1n) is 7.34. The Hall–Kier alpha value is -2.12. The maximum Gasteiger partial charge on any atom is 0.399 e. The third-order valence-electron chi connectivity index (χ3n) is 4.32. The molecule has 5 nitrogen and oxygen atoms in total. The summed E-state index contributed by atoms with van der Waals surface area (Å²) in [6, 6.07) is 1.69. The predicted octanol–water partition coefficient (Wildman–Crippen LogP) is 2.06. The molecule has 3 N–H and O–H groups in total. The number of carbonyl (C=O) groups is 2. The van der Waals surface area contributed by atoms with E-state index in [1.807, 2.05) is 0 Å². The number of carbonyl (C=O) groups excluding carboxylic acids is 2. The molecule has 126 valence electrons. The Morgan fingerprint density at radius 1 is 1.39 bits per heavy atom. The van der Waals surface area contributed by atoms with Crippen LogP contribution >= 0.6 is 0 Å². The van der Waals surface area contributed by atoms with Gasteiger partial charge in [0.2, 0.25) is 5.91 Å². The highest BCUT2D eigenvalue weighted by molar-refractivity contribution is 5.97. The topological polar surface area (TPSA) is 85.1 Å². The lowest BCUT2D eigenvalue weighted by Gasteiger charge is -2.42. The number of nitrogens with one attached hydrogen (secondary N) is 1. The molecule has 1 aromatic heterocycles. The van der Waals surface area contributed by atoms with Gasteiger partial charge in [0.25, 0.3) is 5.91 Å². The molecule has 2 rings (SSSR count). The monoisotopic (exact) mass is 329 g/mol.